The van der Waals surface area contributed by atoms with E-state index in [0.717, 1.165) is 24.6 Å². The van der Waals surface area contributed by atoms with E-state index in [9.17, 15) is 17.6 Å². The van der Waals surface area contributed by atoms with Crippen LogP contribution in [0.25, 0.3) is 0 Å². The highest BCUT2D eigenvalue weighted by atomic mass is 19.2. The smallest absolute Gasteiger partial charge is 0.158 e. The van der Waals surface area contributed by atoms with Gasteiger partial charge in [0.2, 0.25) is 0 Å². The van der Waals surface area contributed by atoms with Crippen LogP contribution in [0.5, 0.6) is 0 Å². The second-order valence-electron chi connectivity index (χ2n) is 6.62. The van der Waals surface area contributed by atoms with Crippen LogP contribution in [0.1, 0.15) is 45.2 Å². The van der Waals surface area contributed by atoms with Crippen LogP contribution < -0.4 is 0 Å². The molecule has 0 aliphatic heterocycles. The number of aryl methyl sites for hydroxylation is 2. The molecule has 0 saturated carbocycles. The number of rotatable bonds is 1. The van der Waals surface area contributed by atoms with E-state index in [2.05, 4.69) is 44.7 Å². The Kier molecular flexibility index (Phi) is 12.1. The lowest BCUT2D eigenvalue weighted by molar-refractivity contribution is 0.391. The minimum Gasteiger partial charge on any atom is -0.248 e. The Morgan fingerprint density at radius 1 is 1.11 bits per heavy atom. The third kappa shape index (κ3) is 12.0. The number of hydrogen-bond donors (Lipinski definition) is 0. The van der Waals surface area contributed by atoms with Crippen molar-refractivity contribution in [2.75, 3.05) is 0 Å². The first-order chi connectivity index (χ1) is 12.6. The highest BCUT2D eigenvalue weighted by Gasteiger charge is 2.12. The molecule has 0 radical (unpaired) electrons. The molecule has 2 rings (SSSR count). The molecule has 0 fully saturated rings. The highest BCUT2D eigenvalue weighted by molar-refractivity contribution is 5.30. The summed E-state index contributed by atoms with van der Waals surface area (Å²) >= 11 is 0. The molecular weight excluding hydrogens is 352 g/mol. The van der Waals surface area contributed by atoms with Crippen molar-refractivity contribution in [1.29, 1.82) is 0 Å². The van der Waals surface area contributed by atoms with Gasteiger partial charge in [0.05, 0.1) is 6.17 Å². The molecule has 0 aromatic heterocycles. The van der Waals surface area contributed by atoms with Crippen LogP contribution in [0, 0.1) is 12.8 Å². The van der Waals surface area contributed by atoms with Gasteiger partial charge in [-0.05, 0) is 56.9 Å². The number of allylic oxidation sites excluding steroid dienone is 7. The molecule has 0 bridgehead atoms. The standard InChI is InChI=1S/C11H11F3.C9H12.C3H7F/c1-7-5-9(12)3-4-10(13)11(14)6-8(7)2;1-3-9-6-4-5-8(2)7-9;1-3(2)4/h3-4,6,8H,1,5H2,2H3;4-7H,3H2,1-2H3;3H,1-2H3/b9-3-,10-4+,11-6-;;. The summed E-state index contributed by atoms with van der Waals surface area (Å²) in [7, 11) is 0. The Bertz CT molecular complexity index is 679. The third-order valence-electron chi connectivity index (χ3n) is 3.57. The Morgan fingerprint density at radius 3 is 2.19 bits per heavy atom. The first-order valence-electron chi connectivity index (χ1n) is 9.03. The summed E-state index contributed by atoms with van der Waals surface area (Å²) in [6.07, 6.45) is 3.30. The van der Waals surface area contributed by atoms with Crippen molar-refractivity contribution < 1.29 is 17.6 Å². The molecule has 1 atom stereocenters. The molecule has 0 nitrogen and oxygen atoms in total. The average Bonchev–Trinajstić information content (AvgIpc) is 2.62. The number of hydrogen-bond acceptors (Lipinski definition) is 0. The second kappa shape index (κ2) is 13.1. The van der Waals surface area contributed by atoms with Gasteiger partial charge in [0.1, 0.15) is 5.83 Å². The molecule has 1 aliphatic rings. The SMILES string of the molecule is C=C1C/C(F)=C/C=C(F)\C(F)=C\C1C.CC(C)F.CCc1cccc(C)c1. The predicted molar refractivity (Wildman–Crippen MR) is 107 cm³/mol. The van der Waals surface area contributed by atoms with E-state index in [1.807, 2.05) is 0 Å². The van der Waals surface area contributed by atoms with Gasteiger partial charge in [-0.25, -0.2) is 17.6 Å². The van der Waals surface area contributed by atoms with E-state index in [1.165, 1.54) is 25.0 Å². The normalized spacial score (nSPS) is 22.8. The largest absolute Gasteiger partial charge is 0.248 e. The van der Waals surface area contributed by atoms with E-state index < -0.39 is 23.7 Å². The fourth-order valence-electron chi connectivity index (χ4n) is 2.03. The summed E-state index contributed by atoms with van der Waals surface area (Å²) < 4.78 is 49.8. The van der Waals surface area contributed by atoms with Crippen molar-refractivity contribution in [3.8, 4) is 0 Å². The minimum atomic E-state index is -1.05. The Hall–Kier alpha value is -2.10. The van der Waals surface area contributed by atoms with Gasteiger partial charge in [0.15, 0.2) is 11.7 Å². The molecule has 0 N–H and O–H groups in total. The molecule has 0 spiro atoms. The zero-order chi connectivity index (χ0) is 21.0. The van der Waals surface area contributed by atoms with Crippen molar-refractivity contribution >= 4 is 0 Å². The zero-order valence-corrected chi connectivity index (χ0v) is 16.8. The molecular formula is C23H30F4. The van der Waals surface area contributed by atoms with Crippen LogP contribution in [0.4, 0.5) is 17.6 Å². The van der Waals surface area contributed by atoms with E-state index in [4.69, 9.17) is 0 Å². The van der Waals surface area contributed by atoms with Crippen molar-refractivity contribution in [1.82, 2.24) is 0 Å². The van der Waals surface area contributed by atoms with Crippen LogP contribution in [-0.4, -0.2) is 6.17 Å². The monoisotopic (exact) mass is 382 g/mol. The maximum atomic E-state index is 13.0. The number of halogens is 4. The summed E-state index contributed by atoms with van der Waals surface area (Å²) in [6, 6.07) is 8.61. The fraction of sp³-hybridized carbons (Fsp3) is 0.391. The first-order valence-corrected chi connectivity index (χ1v) is 9.03. The molecule has 1 aliphatic carbocycles. The molecule has 27 heavy (non-hydrogen) atoms. The second-order valence-corrected chi connectivity index (χ2v) is 6.62. The van der Waals surface area contributed by atoms with E-state index in [0.29, 0.717) is 5.57 Å². The van der Waals surface area contributed by atoms with Gasteiger partial charge in [0.25, 0.3) is 0 Å². The van der Waals surface area contributed by atoms with Gasteiger partial charge >= 0.3 is 0 Å². The van der Waals surface area contributed by atoms with Crippen LogP contribution in [0.3, 0.4) is 0 Å². The lowest BCUT2D eigenvalue weighted by atomic mass is 9.99. The van der Waals surface area contributed by atoms with Gasteiger partial charge < -0.3 is 0 Å². The predicted octanol–water partition coefficient (Wildman–Crippen LogP) is 8.06. The summed E-state index contributed by atoms with van der Waals surface area (Å²) in [5, 5.41) is 0. The van der Waals surface area contributed by atoms with Crippen molar-refractivity contribution in [2.24, 2.45) is 5.92 Å². The molecule has 150 valence electrons. The van der Waals surface area contributed by atoms with Crippen LogP contribution >= 0.6 is 0 Å². The van der Waals surface area contributed by atoms with Crippen molar-refractivity contribution in [3.05, 3.63) is 83.3 Å². The topological polar surface area (TPSA) is 0 Å². The summed E-state index contributed by atoms with van der Waals surface area (Å²) in [4.78, 5) is 0. The number of alkyl halides is 1. The van der Waals surface area contributed by atoms with E-state index in [-0.39, 0.29) is 12.3 Å². The quantitative estimate of drug-likeness (QED) is 0.340. The molecule has 0 heterocycles. The van der Waals surface area contributed by atoms with Crippen molar-refractivity contribution in [3.63, 3.8) is 0 Å². The van der Waals surface area contributed by atoms with Crippen molar-refractivity contribution in [2.45, 2.75) is 53.6 Å². The van der Waals surface area contributed by atoms with Gasteiger partial charge in [-0.15, -0.1) is 0 Å². The number of benzene rings is 1. The molecule has 1 aromatic carbocycles. The maximum absolute atomic E-state index is 13.0. The van der Waals surface area contributed by atoms with Gasteiger partial charge in [-0.3, -0.25) is 0 Å². The third-order valence-corrected chi connectivity index (χ3v) is 3.57. The summed E-state index contributed by atoms with van der Waals surface area (Å²) in [5.41, 5.74) is 3.31. The van der Waals surface area contributed by atoms with Gasteiger partial charge in [0, 0.05) is 6.42 Å². The molecule has 1 unspecified atom stereocenters. The Balaban J connectivity index is 0.000000444. The molecule has 4 heteroatoms. The van der Waals surface area contributed by atoms with Crippen LogP contribution in [0.2, 0.25) is 0 Å². The minimum absolute atomic E-state index is 0.0225. The zero-order valence-electron chi connectivity index (χ0n) is 16.8. The van der Waals surface area contributed by atoms with Crippen LogP contribution in [0.15, 0.2) is 72.1 Å². The van der Waals surface area contributed by atoms with E-state index in [1.54, 1.807) is 6.92 Å². The van der Waals surface area contributed by atoms with E-state index >= 15 is 0 Å². The fourth-order valence-corrected chi connectivity index (χ4v) is 2.03. The molecule has 0 amide bonds. The highest BCUT2D eigenvalue weighted by Crippen LogP contribution is 2.26. The Morgan fingerprint density at radius 2 is 1.70 bits per heavy atom. The van der Waals surface area contributed by atoms with Gasteiger partial charge in [-0.2, -0.15) is 0 Å². The molecule has 0 saturated heterocycles. The lowest BCUT2D eigenvalue weighted by Gasteiger charge is -2.08. The first kappa shape index (κ1) is 24.9. The summed E-state index contributed by atoms with van der Waals surface area (Å²) in [6.45, 7) is 12.6. The lowest BCUT2D eigenvalue weighted by Crippen LogP contribution is -1.95. The van der Waals surface area contributed by atoms with Crippen LogP contribution in [-0.2, 0) is 6.42 Å². The molecule has 1 aromatic rings. The average molecular weight is 382 g/mol. The van der Waals surface area contributed by atoms with Gasteiger partial charge in [-0.1, -0.05) is 55.8 Å². The Labute approximate surface area is 161 Å². The maximum Gasteiger partial charge on any atom is 0.158 e. The summed E-state index contributed by atoms with van der Waals surface area (Å²) in [5.74, 6) is -2.90.